The number of ketones is 1. The van der Waals surface area contributed by atoms with E-state index >= 15 is 0 Å². The number of rotatable bonds is 6. The lowest BCUT2D eigenvalue weighted by Gasteiger charge is -2.34. The first-order valence-electron chi connectivity index (χ1n) is 12.1. The summed E-state index contributed by atoms with van der Waals surface area (Å²) < 4.78 is 5.74. The van der Waals surface area contributed by atoms with Crippen LogP contribution in [0.25, 0.3) is 11.1 Å². The van der Waals surface area contributed by atoms with Crippen molar-refractivity contribution in [3.63, 3.8) is 0 Å². The zero-order valence-electron chi connectivity index (χ0n) is 20.6. The number of nitrogens with zero attached hydrogens (tertiary/aromatic N) is 3. The molecule has 0 bridgehead atoms. The van der Waals surface area contributed by atoms with Gasteiger partial charge in [-0.25, -0.2) is 4.99 Å². The van der Waals surface area contributed by atoms with Crippen molar-refractivity contribution in [3.05, 3.63) is 64.8 Å². The first-order valence-corrected chi connectivity index (χ1v) is 13.0. The van der Waals surface area contributed by atoms with Gasteiger partial charge in [0.15, 0.2) is 11.4 Å². The number of fused-ring (bicyclic) bond motifs is 1. The molecule has 2 N–H and O–H groups in total. The van der Waals surface area contributed by atoms with Crippen LogP contribution in [0.4, 0.5) is 6.01 Å². The number of guanidine groups is 1. The predicted molar refractivity (Wildman–Crippen MR) is 143 cm³/mol. The molecule has 0 radical (unpaired) electrons. The molecule has 0 unspecified atom stereocenters. The van der Waals surface area contributed by atoms with Crippen LogP contribution in [-0.4, -0.2) is 27.2 Å². The van der Waals surface area contributed by atoms with Crippen LogP contribution in [0.2, 0.25) is 0 Å². The number of carbonyl (C=O) groups is 1. The summed E-state index contributed by atoms with van der Waals surface area (Å²) >= 11 is 1.70. The summed E-state index contributed by atoms with van der Waals surface area (Å²) in [4.78, 5) is 27.5. The number of hydrogen-bond donors (Lipinski definition) is 2. The first kappa shape index (κ1) is 24.9. The number of aromatic nitrogens is 2. The minimum atomic E-state index is -0.426. The number of para-hydroxylation sites is 2. The van der Waals surface area contributed by atoms with Crippen LogP contribution in [0.15, 0.2) is 69.3 Å². The molecule has 35 heavy (non-hydrogen) atoms. The van der Waals surface area contributed by atoms with Gasteiger partial charge in [-0.15, -0.1) is 17.9 Å². The Kier molecular flexibility index (Phi) is 7.80. The third-order valence-electron chi connectivity index (χ3n) is 6.27. The van der Waals surface area contributed by atoms with Crippen LogP contribution in [0.3, 0.4) is 0 Å². The van der Waals surface area contributed by atoms with Crippen LogP contribution in [0, 0.1) is 5.92 Å². The first-order chi connectivity index (χ1) is 16.9. The van der Waals surface area contributed by atoms with E-state index in [1.54, 1.807) is 11.3 Å². The van der Waals surface area contributed by atoms with Crippen molar-refractivity contribution in [1.82, 2.24) is 15.3 Å². The van der Waals surface area contributed by atoms with Crippen LogP contribution < -0.4 is 10.6 Å². The highest BCUT2D eigenvalue weighted by Gasteiger charge is 2.44. The summed E-state index contributed by atoms with van der Waals surface area (Å²) in [5.74, 6) is 0.735. The Morgan fingerprint density at radius 3 is 2.74 bits per heavy atom. The quantitative estimate of drug-likeness (QED) is 0.395. The minimum absolute atomic E-state index is 0.0408. The zero-order valence-corrected chi connectivity index (χ0v) is 21.5. The standard InChI is InChI=1S/C20H24N4O2.C7H9NS/c1-12(2)17(25)16-13(3)21-18(24-20(16)10-6-7-11-20)23-19-22-14-8-4-5-9-15(14)26-19;1-2-3-4-7-5-8-6-9-7/h4-5,8-9,12H,6-7,10-11H2,1-3H3,(H2,21,22,23,24);2,5-6H,1,3-4H2. The van der Waals surface area contributed by atoms with Crippen molar-refractivity contribution in [2.45, 2.75) is 64.8 Å². The Hall–Kier alpha value is -3.26. The number of thiazole rings is 1. The molecule has 0 atom stereocenters. The van der Waals surface area contributed by atoms with Crippen molar-refractivity contribution >= 4 is 40.2 Å². The van der Waals surface area contributed by atoms with Crippen molar-refractivity contribution < 1.29 is 9.21 Å². The summed E-state index contributed by atoms with van der Waals surface area (Å²) in [7, 11) is 0. The molecule has 0 saturated heterocycles. The third-order valence-corrected chi connectivity index (χ3v) is 7.11. The summed E-state index contributed by atoms with van der Waals surface area (Å²) in [5, 5.41) is 6.40. The summed E-state index contributed by atoms with van der Waals surface area (Å²) in [6, 6.07) is 8.03. The van der Waals surface area contributed by atoms with Gasteiger partial charge in [0, 0.05) is 28.3 Å². The van der Waals surface area contributed by atoms with Gasteiger partial charge in [-0.05, 0) is 44.7 Å². The molecule has 3 heterocycles. The van der Waals surface area contributed by atoms with Gasteiger partial charge in [-0.3, -0.25) is 15.1 Å². The molecule has 0 amide bonds. The second-order valence-electron chi connectivity index (χ2n) is 9.25. The van der Waals surface area contributed by atoms with E-state index in [2.05, 4.69) is 27.2 Å². The third kappa shape index (κ3) is 5.70. The Morgan fingerprint density at radius 1 is 1.31 bits per heavy atom. The number of Topliss-reactive ketones (excluding diaryl/α,β-unsaturated/α-hetero) is 1. The van der Waals surface area contributed by atoms with Gasteiger partial charge in [-0.1, -0.05) is 44.9 Å². The van der Waals surface area contributed by atoms with Crippen LogP contribution in [0.1, 0.15) is 57.8 Å². The molecule has 1 aromatic carbocycles. The number of carbonyl (C=O) groups excluding carboxylic acids is 1. The Bertz CT molecular complexity index is 1200. The van der Waals surface area contributed by atoms with E-state index in [1.165, 1.54) is 4.88 Å². The SMILES string of the molecule is C=CCCc1cncs1.CC1=C(C(=O)C(C)C)C2(CCCC2)N=C(Nc2nc3ccccc3o2)N1. The maximum Gasteiger partial charge on any atom is 0.302 e. The Balaban J connectivity index is 0.000000271. The monoisotopic (exact) mass is 491 g/mol. The van der Waals surface area contributed by atoms with E-state index in [0.717, 1.165) is 60.9 Å². The molecule has 7 nitrogen and oxygen atoms in total. The zero-order chi connectivity index (χ0) is 24.8. The molecule has 1 aliphatic heterocycles. The smallest absolute Gasteiger partial charge is 0.302 e. The van der Waals surface area contributed by atoms with E-state index in [1.807, 2.05) is 62.8 Å². The fourth-order valence-electron chi connectivity index (χ4n) is 4.61. The van der Waals surface area contributed by atoms with E-state index < -0.39 is 5.54 Å². The van der Waals surface area contributed by atoms with Gasteiger partial charge in [0.2, 0.25) is 5.96 Å². The molecule has 3 aromatic rings. The topological polar surface area (TPSA) is 92.4 Å². The van der Waals surface area contributed by atoms with Gasteiger partial charge in [-0.2, -0.15) is 4.98 Å². The van der Waals surface area contributed by atoms with Crippen molar-refractivity contribution in [3.8, 4) is 0 Å². The number of aryl methyl sites for hydroxylation is 1. The van der Waals surface area contributed by atoms with Crippen LogP contribution in [-0.2, 0) is 11.2 Å². The average Bonchev–Trinajstić information content (AvgIpc) is 3.59. The van der Waals surface area contributed by atoms with Gasteiger partial charge in [0.25, 0.3) is 0 Å². The van der Waals surface area contributed by atoms with Gasteiger partial charge in [0.05, 0.1) is 11.0 Å². The number of oxazole rings is 1. The number of benzene rings is 1. The summed E-state index contributed by atoms with van der Waals surface area (Å²) in [6.45, 7) is 9.49. The largest absolute Gasteiger partial charge is 0.423 e. The van der Waals surface area contributed by atoms with Crippen molar-refractivity contribution in [1.29, 1.82) is 0 Å². The van der Waals surface area contributed by atoms with Gasteiger partial charge in [0.1, 0.15) is 5.52 Å². The minimum Gasteiger partial charge on any atom is -0.423 e. The van der Waals surface area contributed by atoms with E-state index in [0.29, 0.717) is 12.0 Å². The summed E-state index contributed by atoms with van der Waals surface area (Å²) in [5.41, 5.74) is 4.67. The fraction of sp³-hybridized carbons (Fsp3) is 0.407. The number of nitrogens with one attached hydrogen (secondary N) is 2. The second-order valence-corrected chi connectivity index (χ2v) is 10.2. The molecule has 2 aromatic heterocycles. The summed E-state index contributed by atoms with van der Waals surface area (Å²) in [6.07, 6.45) is 9.96. The number of anilines is 1. The van der Waals surface area contributed by atoms with E-state index in [9.17, 15) is 4.79 Å². The lowest BCUT2D eigenvalue weighted by Crippen LogP contribution is -2.45. The molecule has 1 spiro atoms. The van der Waals surface area contributed by atoms with Crippen molar-refractivity contribution in [2.75, 3.05) is 5.32 Å². The molecular weight excluding hydrogens is 458 g/mol. The Labute approximate surface area is 210 Å². The van der Waals surface area contributed by atoms with Crippen LogP contribution in [0.5, 0.6) is 0 Å². The molecule has 1 aliphatic carbocycles. The second kappa shape index (κ2) is 11.0. The molecule has 184 valence electrons. The average molecular weight is 492 g/mol. The molecule has 2 aliphatic rings. The fourth-order valence-corrected chi connectivity index (χ4v) is 5.22. The lowest BCUT2D eigenvalue weighted by molar-refractivity contribution is -0.119. The molecule has 1 fully saturated rings. The lowest BCUT2D eigenvalue weighted by atomic mass is 9.80. The van der Waals surface area contributed by atoms with Crippen molar-refractivity contribution in [2.24, 2.45) is 10.9 Å². The maximum atomic E-state index is 12.8. The predicted octanol–water partition coefficient (Wildman–Crippen LogP) is 6.27. The number of allylic oxidation sites excluding steroid dienone is 2. The number of aliphatic imine (C=N–C) groups is 1. The van der Waals surface area contributed by atoms with E-state index in [-0.39, 0.29) is 11.7 Å². The van der Waals surface area contributed by atoms with Crippen LogP contribution >= 0.6 is 11.3 Å². The molecule has 1 saturated carbocycles. The van der Waals surface area contributed by atoms with E-state index in [4.69, 9.17) is 9.41 Å². The highest BCUT2D eigenvalue weighted by atomic mass is 32.1. The van der Waals surface area contributed by atoms with Gasteiger partial charge >= 0.3 is 6.01 Å². The highest BCUT2D eigenvalue weighted by molar-refractivity contribution is 7.09. The maximum absolute atomic E-state index is 12.8. The molecule has 8 heteroatoms. The molecular formula is C27H33N5O2S. The molecule has 5 rings (SSSR count). The number of hydrogen-bond acceptors (Lipinski definition) is 8. The Morgan fingerprint density at radius 2 is 2.09 bits per heavy atom. The van der Waals surface area contributed by atoms with Gasteiger partial charge < -0.3 is 9.73 Å². The normalized spacial score (nSPS) is 16.6. The highest BCUT2D eigenvalue weighted by Crippen LogP contribution is 2.43.